The number of carbonyl (C=O) groups is 1. The van der Waals surface area contributed by atoms with E-state index in [-0.39, 0.29) is 48.7 Å². The molecular weight excluding hydrogens is 442 g/mol. The van der Waals surface area contributed by atoms with Gasteiger partial charge in [-0.3, -0.25) is 0 Å². The molecule has 0 radical (unpaired) electrons. The van der Waals surface area contributed by atoms with Crippen molar-refractivity contribution in [3.63, 3.8) is 0 Å². The molecule has 2 aliphatic rings. The zero-order chi connectivity index (χ0) is 8.93. The Bertz CT molecular complexity index is 231. The first-order chi connectivity index (χ1) is 5.56. The molecule has 6 heteroatoms. The van der Waals surface area contributed by atoms with Crippen molar-refractivity contribution in [3.8, 4) is 0 Å². The summed E-state index contributed by atoms with van der Waals surface area (Å²) in [5, 5.41) is 0. The molecule has 0 atom stereocenters. The average molecular weight is 452 g/mol. The third-order valence-electron chi connectivity index (χ3n) is 2.96. The predicted octanol–water partition coefficient (Wildman–Crippen LogP) is -1.95. The molecule has 2 saturated heterocycles. The number of hydrogen-bond donors (Lipinski definition) is 0. The molecule has 0 aromatic carbocycles. The van der Waals surface area contributed by atoms with Crippen LogP contribution < -0.4 is 0 Å². The Morgan fingerprint density at radius 1 is 1.58 bits per heavy atom. The van der Waals surface area contributed by atoms with E-state index < -0.39 is 0 Å². The standard InChI is InChI=1S/C6H10N3O.Ra.Rb.H/c1-9-2-6(3-9)5(10)7-4-8-6;;;/h2-4H2,1H3,(H,7,10);;;/q-1;2*+1;/p-1. The summed E-state index contributed by atoms with van der Waals surface area (Å²) in [4.78, 5) is 14.0. The van der Waals surface area contributed by atoms with Crippen molar-refractivity contribution in [1.82, 2.24) is 3.98 Å². The summed E-state index contributed by atoms with van der Waals surface area (Å²) in [5.74, 6) is 0.435. The molecule has 2 rings (SSSR count). The third kappa shape index (κ3) is 1.61. The molecule has 0 saturated carbocycles. The van der Waals surface area contributed by atoms with Crippen LogP contribution in [0.1, 0.15) is 0 Å². The normalized spacial score (nSPS) is 29.8. The molecule has 0 N–H and O–H groups in total. The number of amides is 1. The molecular formula is C6H10N3ORaRb. The third-order valence-corrected chi connectivity index (χ3v) is 8.59. The van der Waals surface area contributed by atoms with Crippen molar-refractivity contribution in [2.24, 2.45) is 0 Å². The summed E-state index contributed by atoms with van der Waals surface area (Å²) in [5.41, 5.74) is -0.0264. The van der Waals surface area contributed by atoms with Gasteiger partial charge in [0.25, 0.3) is 0 Å². The number of nitrogens with zero attached hydrogens (tertiary/aromatic N) is 3. The fourth-order valence-corrected chi connectivity index (χ4v) is 13.6. The minimum atomic E-state index is -0.0264. The van der Waals surface area contributed by atoms with Crippen molar-refractivity contribution >= 4 is 61.9 Å². The SMILES string of the molecule is CN1CC2(C1)C(=O)[N]([RaH])C[N]2[Rb]. The maximum absolute atomic E-state index is 11.8. The zero-order valence-electron chi connectivity index (χ0n) is 7.87. The summed E-state index contributed by atoms with van der Waals surface area (Å²) in [6, 6.07) is 0. The summed E-state index contributed by atoms with van der Waals surface area (Å²) in [6.07, 6.45) is 0. The summed E-state index contributed by atoms with van der Waals surface area (Å²) in [7, 11) is 2.09. The van der Waals surface area contributed by atoms with Crippen LogP contribution in [0.25, 0.3) is 0 Å². The van der Waals surface area contributed by atoms with Crippen LogP contribution in [0.2, 0.25) is 0 Å². The van der Waals surface area contributed by atoms with E-state index >= 15 is 0 Å². The second-order valence-corrected chi connectivity index (χ2v) is 11.1. The number of rotatable bonds is 0. The van der Waals surface area contributed by atoms with Crippen molar-refractivity contribution in [2.45, 2.75) is 5.54 Å². The van der Waals surface area contributed by atoms with Gasteiger partial charge >= 0.3 is 146 Å². The Kier molecular flexibility index (Phi) is 3.64. The van der Waals surface area contributed by atoms with Gasteiger partial charge in [-0.15, -0.1) is 0 Å². The Labute approximate surface area is 142 Å². The second kappa shape index (κ2) is 3.91. The van der Waals surface area contributed by atoms with Crippen molar-refractivity contribution in [2.75, 3.05) is 26.8 Å². The molecule has 0 aliphatic carbocycles. The monoisotopic (exact) mass is 451 g/mol. The van der Waals surface area contributed by atoms with Crippen LogP contribution in [-0.2, 0) is 4.79 Å². The minimum absolute atomic E-state index is 0.0264. The molecule has 2 aliphatic heterocycles. The molecule has 4 nitrogen and oxygen atoms in total. The quantitative estimate of drug-likeness (QED) is 0.429. The first-order valence-electron chi connectivity index (χ1n) is 4.21. The molecule has 58 valence electrons. The number of likely N-dealkylation sites (tertiary alicyclic amines) is 1. The van der Waals surface area contributed by atoms with E-state index in [1.807, 2.05) is 0 Å². The summed E-state index contributed by atoms with van der Waals surface area (Å²) in [6.45, 7) is 2.91. The van der Waals surface area contributed by atoms with E-state index in [1.54, 1.807) is 0 Å². The zero-order valence-corrected chi connectivity index (χ0v) is 21.0. The molecule has 0 bridgehead atoms. The Morgan fingerprint density at radius 2 is 2.17 bits per heavy atom. The molecule has 1 spiro atoms. The summed E-state index contributed by atoms with van der Waals surface area (Å²) >= 11 is 0.710. The second-order valence-electron chi connectivity index (χ2n) is 4.05. The van der Waals surface area contributed by atoms with Gasteiger partial charge in [-0.2, -0.15) is 0 Å². The molecule has 12 heavy (non-hydrogen) atoms. The molecule has 1 amide bonds. The molecule has 2 heterocycles. The van der Waals surface area contributed by atoms with Gasteiger partial charge < -0.3 is 0 Å². The molecule has 2 fully saturated rings. The average Bonchev–Trinajstić information content (AvgIpc) is 2.13. The van der Waals surface area contributed by atoms with Gasteiger partial charge in [-0.1, -0.05) is 0 Å². The van der Waals surface area contributed by atoms with Gasteiger partial charge in [-0.05, 0) is 0 Å². The van der Waals surface area contributed by atoms with Gasteiger partial charge in [0, 0.05) is 0 Å². The van der Waals surface area contributed by atoms with Crippen LogP contribution in [0.3, 0.4) is 0 Å². The van der Waals surface area contributed by atoms with E-state index in [0.29, 0.717) is 61.9 Å². The Morgan fingerprint density at radius 3 is 2.50 bits per heavy atom. The first-order valence-corrected chi connectivity index (χ1v) is 10.1. The van der Waals surface area contributed by atoms with Crippen LogP contribution in [0, 0.1) is 43.2 Å². The van der Waals surface area contributed by atoms with Gasteiger partial charge in [0.2, 0.25) is 0 Å². The van der Waals surface area contributed by atoms with E-state index in [0.717, 1.165) is 19.8 Å². The predicted molar refractivity (Wildman–Crippen MR) is 40.9 cm³/mol. The molecule has 0 aromatic heterocycles. The maximum atomic E-state index is 11.8. The number of hydrogen-bond acceptors (Lipinski definition) is 3. The van der Waals surface area contributed by atoms with Crippen LogP contribution in [-0.4, -0.2) is 98.3 Å². The number of carbonyl (C=O) groups excluding carboxylic acids is 1. The van der Waals surface area contributed by atoms with E-state index in [4.69, 9.17) is 0 Å². The summed E-state index contributed by atoms with van der Waals surface area (Å²) < 4.78 is 4.50. The molecule has 0 aromatic rings. The van der Waals surface area contributed by atoms with Gasteiger partial charge in [-0.25, -0.2) is 0 Å². The van der Waals surface area contributed by atoms with E-state index in [1.165, 1.54) is 0 Å². The number of likely N-dealkylation sites (N-methyl/N-ethyl adjacent to an activating group) is 1. The molecule has 0 unspecified atom stereocenters. The van der Waals surface area contributed by atoms with Crippen molar-refractivity contribution in [1.29, 1.82) is 0 Å². The topological polar surface area (TPSA) is 26.8 Å². The van der Waals surface area contributed by atoms with Crippen LogP contribution in [0.15, 0.2) is 0 Å². The van der Waals surface area contributed by atoms with Crippen LogP contribution in [0.4, 0.5) is 0 Å². The van der Waals surface area contributed by atoms with Gasteiger partial charge in [0.05, 0.1) is 0 Å². The fourth-order valence-electron chi connectivity index (χ4n) is 2.26. The fraction of sp³-hybridized carbons (Fsp3) is 0.833. The van der Waals surface area contributed by atoms with Gasteiger partial charge in [0.15, 0.2) is 0 Å². The Hall–Kier alpha value is 2.66. The van der Waals surface area contributed by atoms with E-state index in [9.17, 15) is 4.79 Å². The van der Waals surface area contributed by atoms with Gasteiger partial charge in [0.1, 0.15) is 0 Å². The van der Waals surface area contributed by atoms with Crippen LogP contribution in [0.5, 0.6) is 0 Å². The first kappa shape index (κ1) is 11.2. The van der Waals surface area contributed by atoms with Crippen molar-refractivity contribution in [3.05, 3.63) is 0 Å². The van der Waals surface area contributed by atoms with Crippen LogP contribution >= 0.6 is 0 Å². The Balaban J connectivity index is 2.20. The van der Waals surface area contributed by atoms with E-state index in [2.05, 4.69) is 11.0 Å². The van der Waals surface area contributed by atoms with Crippen molar-refractivity contribution < 1.29 is 48.0 Å².